The van der Waals surface area contributed by atoms with E-state index in [2.05, 4.69) is 32.6 Å². The second-order valence-electron chi connectivity index (χ2n) is 5.41. The van der Waals surface area contributed by atoms with Crippen molar-refractivity contribution in [3.63, 3.8) is 0 Å². The van der Waals surface area contributed by atoms with Crippen molar-refractivity contribution in [2.45, 2.75) is 31.7 Å². The van der Waals surface area contributed by atoms with Crippen molar-refractivity contribution in [3.8, 4) is 0 Å². The topological polar surface area (TPSA) is 67.7 Å². The van der Waals surface area contributed by atoms with Gasteiger partial charge in [-0.05, 0) is 32.4 Å². The van der Waals surface area contributed by atoms with Crippen molar-refractivity contribution in [1.29, 1.82) is 0 Å². The number of hydrogen-bond donors (Lipinski definition) is 2. The largest absolute Gasteiger partial charge is 0.321 e. The minimum absolute atomic E-state index is 0.517. The molecule has 1 saturated heterocycles. The van der Waals surface area contributed by atoms with E-state index in [0.29, 0.717) is 17.9 Å². The summed E-state index contributed by atoms with van der Waals surface area (Å²) in [5.41, 5.74) is 2.03. The van der Waals surface area contributed by atoms with Gasteiger partial charge >= 0.3 is 0 Å². The Labute approximate surface area is 118 Å². The molecule has 0 aliphatic carbocycles. The molecule has 6 nitrogen and oxygen atoms in total. The van der Waals surface area contributed by atoms with Gasteiger partial charge in [-0.25, -0.2) is 9.97 Å². The molecule has 2 aromatic rings. The molecule has 2 atom stereocenters. The highest BCUT2D eigenvalue weighted by Gasteiger charge is 2.21. The quantitative estimate of drug-likeness (QED) is 0.892. The van der Waals surface area contributed by atoms with Crippen LogP contribution < -0.4 is 10.6 Å². The molecule has 3 rings (SSSR count). The summed E-state index contributed by atoms with van der Waals surface area (Å²) in [6.07, 6.45) is 7.76. The van der Waals surface area contributed by atoms with E-state index in [1.165, 1.54) is 0 Å². The first-order valence-corrected chi connectivity index (χ1v) is 7.02. The van der Waals surface area contributed by atoms with Crippen LogP contribution in [-0.2, 0) is 7.05 Å². The van der Waals surface area contributed by atoms with E-state index in [0.717, 1.165) is 30.8 Å². The second-order valence-corrected chi connectivity index (χ2v) is 5.41. The first-order chi connectivity index (χ1) is 9.70. The van der Waals surface area contributed by atoms with Gasteiger partial charge in [-0.2, -0.15) is 5.10 Å². The maximum atomic E-state index is 4.65. The second kappa shape index (κ2) is 5.58. The fraction of sp³-hybridized carbons (Fsp3) is 0.500. The van der Waals surface area contributed by atoms with Crippen LogP contribution in [0.2, 0.25) is 0 Å². The third kappa shape index (κ3) is 2.96. The Bertz CT molecular complexity index is 579. The van der Waals surface area contributed by atoms with E-state index in [1.54, 1.807) is 10.9 Å². The zero-order valence-corrected chi connectivity index (χ0v) is 11.9. The van der Waals surface area contributed by atoms with E-state index in [1.807, 2.05) is 25.5 Å². The first-order valence-electron chi connectivity index (χ1n) is 7.02. The third-order valence-corrected chi connectivity index (χ3v) is 3.68. The van der Waals surface area contributed by atoms with Gasteiger partial charge in [0.25, 0.3) is 0 Å². The zero-order chi connectivity index (χ0) is 13.9. The lowest BCUT2D eigenvalue weighted by molar-refractivity contribution is 0.376. The molecule has 6 heteroatoms. The van der Waals surface area contributed by atoms with Gasteiger partial charge in [0.1, 0.15) is 0 Å². The summed E-state index contributed by atoms with van der Waals surface area (Å²) < 4.78 is 1.75. The first kappa shape index (κ1) is 13.1. The fourth-order valence-electron chi connectivity index (χ4n) is 2.68. The van der Waals surface area contributed by atoms with Crippen LogP contribution in [0.5, 0.6) is 0 Å². The van der Waals surface area contributed by atoms with Gasteiger partial charge in [-0.15, -0.1) is 0 Å². The zero-order valence-electron chi connectivity index (χ0n) is 11.9. The maximum absolute atomic E-state index is 4.65. The predicted octanol–water partition coefficient (Wildman–Crippen LogP) is 1.81. The molecule has 2 aromatic heterocycles. The number of nitrogens with zero attached hydrogens (tertiary/aromatic N) is 4. The minimum Gasteiger partial charge on any atom is -0.321 e. The van der Waals surface area contributed by atoms with Gasteiger partial charge < -0.3 is 10.6 Å². The van der Waals surface area contributed by atoms with Crippen molar-refractivity contribution >= 4 is 11.6 Å². The average molecular weight is 272 g/mol. The Kier molecular flexibility index (Phi) is 3.64. The van der Waals surface area contributed by atoms with Crippen molar-refractivity contribution in [2.24, 2.45) is 7.05 Å². The lowest BCUT2D eigenvalue weighted by atomic mass is 9.90. The lowest BCUT2D eigenvalue weighted by Crippen LogP contribution is -2.35. The molecule has 0 saturated carbocycles. The highest BCUT2D eigenvalue weighted by Crippen LogP contribution is 2.26. The molecule has 3 heterocycles. The molecule has 0 aromatic carbocycles. The Morgan fingerprint density at radius 2 is 2.35 bits per heavy atom. The van der Waals surface area contributed by atoms with Crippen molar-refractivity contribution in [3.05, 3.63) is 30.4 Å². The van der Waals surface area contributed by atoms with Gasteiger partial charge in [0, 0.05) is 37.1 Å². The molecule has 106 valence electrons. The summed E-state index contributed by atoms with van der Waals surface area (Å²) in [7, 11) is 1.89. The third-order valence-electron chi connectivity index (χ3n) is 3.68. The molecule has 0 radical (unpaired) electrons. The summed E-state index contributed by atoms with van der Waals surface area (Å²) in [4.78, 5) is 8.93. The van der Waals surface area contributed by atoms with E-state index in [-0.39, 0.29) is 0 Å². The highest BCUT2D eigenvalue weighted by atomic mass is 15.3. The van der Waals surface area contributed by atoms with Gasteiger partial charge in [-0.3, -0.25) is 4.68 Å². The SMILES string of the molecule is CC1CC(c2ccnc(Nc3cnn(C)c3)n2)CCN1. The fourth-order valence-corrected chi connectivity index (χ4v) is 2.68. The maximum Gasteiger partial charge on any atom is 0.227 e. The van der Waals surface area contributed by atoms with Crippen LogP contribution in [0.4, 0.5) is 11.6 Å². The molecule has 2 unspecified atom stereocenters. The molecule has 0 amide bonds. The molecule has 20 heavy (non-hydrogen) atoms. The Balaban J connectivity index is 1.75. The highest BCUT2D eigenvalue weighted by molar-refractivity contribution is 5.50. The smallest absolute Gasteiger partial charge is 0.227 e. The number of piperidine rings is 1. The number of nitrogens with one attached hydrogen (secondary N) is 2. The number of aryl methyl sites for hydroxylation is 1. The summed E-state index contributed by atoms with van der Waals surface area (Å²) in [6.45, 7) is 3.28. The summed E-state index contributed by atoms with van der Waals surface area (Å²) in [5.74, 6) is 1.16. The van der Waals surface area contributed by atoms with E-state index < -0.39 is 0 Å². The number of hydrogen-bond acceptors (Lipinski definition) is 5. The van der Waals surface area contributed by atoms with Crippen LogP contribution >= 0.6 is 0 Å². The standard InChI is InChI=1S/C14H20N6/c1-10-7-11(3-5-15-10)13-4-6-16-14(19-13)18-12-8-17-20(2)9-12/h4,6,8-11,15H,3,5,7H2,1-2H3,(H,16,18,19). The van der Waals surface area contributed by atoms with Crippen molar-refractivity contribution in [1.82, 2.24) is 25.1 Å². The van der Waals surface area contributed by atoms with Crippen LogP contribution in [0.15, 0.2) is 24.7 Å². The van der Waals surface area contributed by atoms with E-state index in [9.17, 15) is 0 Å². The Morgan fingerprint density at radius 1 is 1.45 bits per heavy atom. The monoisotopic (exact) mass is 272 g/mol. The summed E-state index contributed by atoms with van der Waals surface area (Å²) in [5, 5.41) is 10.8. The average Bonchev–Trinajstić information content (AvgIpc) is 2.84. The normalized spacial score (nSPS) is 22.7. The molecule has 2 N–H and O–H groups in total. The van der Waals surface area contributed by atoms with Crippen molar-refractivity contribution in [2.75, 3.05) is 11.9 Å². The van der Waals surface area contributed by atoms with Crippen LogP contribution in [0.1, 0.15) is 31.4 Å². The molecular formula is C14H20N6. The minimum atomic E-state index is 0.517. The molecule has 1 fully saturated rings. The summed E-state index contributed by atoms with van der Waals surface area (Å²) in [6, 6.07) is 2.58. The van der Waals surface area contributed by atoms with Gasteiger partial charge in [0.15, 0.2) is 0 Å². The van der Waals surface area contributed by atoms with Crippen LogP contribution in [0.25, 0.3) is 0 Å². The molecule has 0 spiro atoms. The molecular weight excluding hydrogens is 252 g/mol. The molecule has 1 aliphatic heterocycles. The van der Waals surface area contributed by atoms with Gasteiger partial charge in [0.05, 0.1) is 11.9 Å². The number of rotatable bonds is 3. The molecule has 0 bridgehead atoms. The van der Waals surface area contributed by atoms with Crippen LogP contribution in [0.3, 0.4) is 0 Å². The van der Waals surface area contributed by atoms with Crippen LogP contribution in [-0.4, -0.2) is 32.3 Å². The molecule has 1 aliphatic rings. The Morgan fingerprint density at radius 3 is 3.10 bits per heavy atom. The predicted molar refractivity (Wildman–Crippen MR) is 78.0 cm³/mol. The lowest BCUT2D eigenvalue weighted by Gasteiger charge is -2.27. The van der Waals surface area contributed by atoms with Gasteiger partial charge in [0.2, 0.25) is 5.95 Å². The van der Waals surface area contributed by atoms with E-state index in [4.69, 9.17) is 0 Å². The van der Waals surface area contributed by atoms with Crippen molar-refractivity contribution < 1.29 is 0 Å². The summed E-state index contributed by atoms with van der Waals surface area (Å²) >= 11 is 0. The number of anilines is 2. The van der Waals surface area contributed by atoms with Crippen LogP contribution in [0, 0.1) is 0 Å². The number of aromatic nitrogens is 4. The Hall–Kier alpha value is -1.95. The van der Waals surface area contributed by atoms with Gasteiger partial charge in [-0.1, -0.05) is 0 Å². The van der Waals surface area contributed by atoms with E-state index >= 15 is 0 Å².